The van der Waals surface area contributed by atoms with Crippen molar-refractivity contribution in [3.63, 3.8) is 0 Å². The molecule has 0 N–H and O–H groups in total. The van der Waals surface area contributed by atoms with Crippen molar-refractivity contribution in [2.24, 2.45) is 0 Å². The van der Waals surface area contributed by atoms with E-state index < -0.39 is 5.60 Å². The van der Waals surface area contributed by atoms with Crippen LogP contribution in [0.2, 0.25) is 0 Å². The molecule has 1 rings (SSSR count). The van der Waals surface area contributed by atoms with Gasteiger partial charge in [-0.05, 0) is 67.5 Å². The molecular formula is C16H24INO3. The number of halogens is 1. The van der Waals surface area contributed by atoms with Crippen molar-refractivity contribution in [2.75, 3.05) is 26.8 Å². The zero-order valence-electron chi connectivity index (χ0n) is 13.2. The Morgan fingerprint density at radius 1 is 1.29 bits per heavy atom. The number of hydrogen-bond acceptors (Lipinski definition) is 3. The summed E-state index contributed by atoms with van der Waals surface area (Å²) in [6.07, 6.45) is 0.518. The molecule has 0 spiro atoms. The number of hydrogen-bond donors (Lipinski definition) is 0. The van der Waals surface area contributed by atoms with E-state index in [9.17, 15) is 4.79 Å². The first kappa shape index (κ1) is 18.2. The molecule has 0 unspecified atom stereocenters. The van der Waals surface area contributed by atoms with Gasteiger partial charge >= 0.3 is 6.09 Å². The molecule has 0 radical (unpaired) electrons. The van der Waals surface area contributed by atoms with Crippen LogP contribution in [-0.4, -0.2) is 43.4 Å². The fraction of sp³-hybridized carbons (Fsp3) is 0.562. The summed E-state index contributed by atoms with van der Waals surface area (Å²) in [5.41, 5.74) is 0.734. The molecule has 0 aromatic heterocycles. The summed E-state index contributed by atoms with van der Waals surface area (Å²) in [6.45, 7) is 7.29. The lowest BCUT2D eigenvalue weighted by Gasteiger charge is -2.27. The molecule has 118 valence electrons. The summed E-state index contributed by atoms with van der Waals surface area (Å²) in [7, 11) is 1.63. The molecule has 0 saturated heterocycles. The van der Waals surface area contributed by atoms with Crippen molar-refractivity contribution < 1.29 is 14.3 Å². The highest BCUT2D eigenvalue weighted by Crippen LogP contribution is 2.12. The molecule has 0 saturated carbocycles. The predicted molar refractivity (Wildman–Crippen MR) is 92.5 cm³/mol. The van der Waals surface area contributed by atoms with Gasteiger partial charge in [-0.25, -0.2) is 4.79 Å². The van der Waals surface area contributed by atoms with Crippen molar-refractivity contribution in [2.45, 2.75) is 32.8 Å². The fourth-order valence-electron chi connectivity index (χ4n) is 1.78. The van der Waals surface area contributed by atoms with E-state index in [1.807, 2.05) is 26.8 Å². The van der Waals surface area contributed by atoms with E-state index in [0.29, 0.717) is 19.7 Å². The van der Waals surface area contributed by atoms with Gasteiger partial charge in [-0.3, -0.25) is 0 Å². The van der Waals surface area contributed by atoms with Crippen LogP contribution in [0.5, 0.6) is 0 Å². The molecule has 4 nitrogen and oxygen atoms in total. The van der Waals surface area contributed by atoms with Gasteiger partial charge in [0.2, 0.25) is 0 Å². The third-order valence-electron chi connectivity index (χ3n) is 2.78. The lowest BCUT2D eigenvalue weighted by molar-refractivity contribution is 0.0204. The van der Waals surface area contributed by atoms with Crippen LogP contribution in [0.25, 0.3) is 0 Å². The zero-order valence-corrected chi connectivity index (χ0v) is 15.3. The summed E-state index contributed by atoms with van der Waals surface area (Å²) >= 11 is 2.29. The van der Waals surface area contributed by atoms with E-state index in [0.717, 1.165) is 6.42 Å². The second-order valence-corrected chi connectivity index (χ2v) is 7.09. The van der Waals surface area contributed by atoms with E-state index in [2.05, 4.69) is 40.8 Å². The van der Waals surface area contributed by atoms with Crippen molar-refractivity contribution in [1.82, 2.24) is 4.90 Å². The molecule has 0 bridgehead atoms. The lowest BCUT2D eigenvalue weighted by atomic mass is 10.1. The molecule has 0 heterocycles. The van der Waals surface area contributed by atoms with Crippen molar-refractivity contribution in [3.05, 3.63) is 33.4 Å². The minimum Gasteiger partial charge on any atom is -0.444 e. The van der Waals surface area contributed by atoms with E-state index in [4.69, 9.17) is 9.47 Å². The Hall–Kier alpha value is -0.820. The van der Waals surface area contributed by atoms with Crippen LogP contribution < -0.4 is 0 Å². The Morgan fingerprint density at radius 3 is 2.57 bits per heavy atom. The number of ether oxygens (including phenoxy) is 2. The molecule has 0 atom stereocenters. The number of methoxy groups -OCH3 is 1. The van der Waals surface area contributed by atoms with Gasteiger partial charge in [-0.2, -0.15) is 0 Å². The predicted octanol–water partition coefficient (Wildman–Crippen LogP) is 3.72. The summed E-state index contributed by atoms with van der Waals surface area (Å²) in [6, 6.07) is 8.29. The Bertz CT molecular complexity index is 457. The van der Waals surface area contributed by atoms with Crippen LogP contribution in [0.15, 0.2) is 24.3 Å². The van der Waals surface area contributed by atoms with Gasteiger partial charge in [0, 0.05) is 23.8 Å². The van der Waals surface area contributed by atoms with Gasteiger partial charge in [0.05, 0.1) is 6.61 Å². The van der Waals surface area contributed by atoms with Crippen LogP contribution in [-0.2, 0) is 15.9 Å². The molecule has 0 aliphatic carbocycles. The van der Waals surface area contributed by atoms with Crippen LogP contribution >= 0.6 is 22.6 Å². The van der Waals surface area contributed by atoms with Crippen LogP contribution in [0.4, 0.5) is 4.79 Å². The largest absolute Gasteiger partial charge is 0.444 e. The minimum atomic E-state index is -0.482. The Balaban J connectivity index is 2.63. The highest BCUT2D eigenvalue weighted by molar-refractivity contribution is 14.1. The highest BCUT2D eigenvalue weighted by atomic mass is 127. The number of carbonyl (C=O) groups excluding carboxylic acids is 1. The van der Waals surface area contributed by atoms with Crippen molar-refractivity contribution in [3.8, 4) is 0 Å². The van der Waals surface area contributed by atoms with Crippen molar-refractivity contribution >= 4 is 28.7 Å². The molecular weight excluding hydrogens is 381 g/mol. The molecule has 0 aliphatic heterocycles. The SMILES string of the molecule is COCCN(CCc1cccc(I)c1)C(=O)OC(C)(C)C. The second-order valence-electron chi connectivity index (χ2n) is 5.84. The first-order chi connectivity index (χ1) is 9.81. The maximum absolute atomic E-state index is 12.2. The average Bonchev–Trinajstić information content (AvgIpc) is 2.36. The maximum Gasteiger partial charge on any atom is 0.410 e. The van der Waals surface area contributed by atoms with Gasteiger partial charge < -0.3 is 14.4 Å². The molecule has 0 fully saturated rings. The second kappa shape index (κ2) is 8.58. The maximum atomic E-state index is 12.2. The number of rotatable bonds is 6. The highest BCUT2D eigenvalue weighted by Gasteiger charge is 2.21. The Morgan fingerprint density at radius 2 is 2.00 bits per heavy atom. The normalized spacial score (nSPS) is 11.3. The first-order valence-electron chi connectivity index (χ1n) is 7.03. The molecule has 1 aromatic carbocycles. The fourth-order valence-corrected chi connectivity index (χ4v) is 2.39. The van der Waals surface area contributed by atoms with Crippen LogP contribution in [0.1, 0.15) is 26.3 Å². The first-order valence-corrected chi connectivity index (χ1v) is 8.11. The van der Waals surface area contributed by atoms with Gasteiger partial charge in [-0.15, -0.1) is 0 Å². The summed E-state index contributed by atoms with van der Waals surface area (Å²) < 4.78 is 11.7. The number of amides is 1. The quantitative estimate of drug-likeness (QED) is 0.678. The molecule has 1 amide bonds. The standard InChI is InChI=1S/C16H24INO3/c1-16(2,3)21-15(19)18(10-11-20-4)9-8-13-6-5-7-14(17)12-13/h5-7,12H,8-11H2,1-4H3. The van der Waals surface area contributed by atoms with E-state index in [1.54, 1.807) is 12.0 Å². The third-order valence-corrected chi connectivity index (χ3v) is 3.45. The van der Waals surface area contributed by atoms with E-state index in [1.165, 1.54) is 9.13 Å². The van der Waals surface area contributed by atoms with Crippen LogP contribution in [0, 0.1) is 3.57 Å². The third kappa shape index (κ3) is 7.66. The van der Waals surface area contributed by atoms with E-state index >= 15 is 0 Å². The molecule has 1 aromatic rings. The van der Waals surface area contributed by atoms with E-state index in [-0.39, 0.29) is 6.09 Å². The van der Waals surface area contributed by atoms with Gasteiger partial charge in [-0.1, -0.05) is 12.1 Å². The lowest BCUT2D eigenvalue weighted by Crippen LogP contribution is -2.39. The van der Waals surface area contributed by atoms with Gasteiger partial charge in [0.15, 0.2) is 0 Å². The Labute approximate surface area is 140 Å². The van der Waals surface area contributed by atoms with Gasteiger partial charge in [0.25, 0.3) is 0 Å². The smallest absolute Gasteiger partial charge is 0.410 e. The van der Waals surface area contributed by atoms with Gasteiger partial charge in [0.1, 0.15) is 5.60 Å². The molecule has 5 heteroatoms. The summed E-state index contributed by atoms with van der Waals surface area (Å²) in [4.78, 5) is 13.9. The average molecular weight is 405 g/mol. The summed E-state index contributed by atoms with van der Waals surface area (Å²) in [5.74, 6) is 0. The number of benzene rings is 1. The number of nitrogens with zero attached hydrogens (tertiary/aromatic N) is 1. The minimum absolute atomic E-state index is 0.287. The monoisotopic (exact) mass is 405 g/mol. The topological polar surface area (TPSA) is 38.8 Å². The molecule has 0 aliphatic rings. The number of carbonyl (C=O) groups is 1. The molecule has 21 heavy (non-hydrogen) atoms. The van der Waals surface area contributed by atoms with Crippen LogP contribution in [0.3, 0.4) is 0 Å². The zero-order chi connectivity index (χ0) is 15.9. The summed E-state index contributed by atoms with van der Waals surface area (Å²) in [5, 5.41) is 0. The van der Waals surface area contributed by atoms with Crippen molar-refractivity contribution in [1.29, 1.82) is 0 Å². The Kier molecular flexibility index (Phi) is 7.45.